The van der Waals surface area contributed by atoms with E-state index in [4.69, 9.17) is 4.55 Å². The third kappa shape index (κ3) is 4.38. The van der Waals surface area contributed by atoms with Crippen LogP contribution in [0.1, 0.15) is 11.3 Å². The van der Waals surface area contributed by atoms with Crippen LogP contribution in [0.5, 0.6) is 0 Å². The molecule has 9 heteroatoms. The van der Waals surface area contributed by atoms with Crippen molar-refractivity contribution < 1.29 is 30.3 Å². The van der Waals surface area contributed by atoms with E-state index in [1.54, 1.807) is 0 Å². The summed E-state index contributed by atoms with van der Waals surface area (Å²) in [5.74, 6) is 0. The molecular formula is C12H10F3NO4S. The first-order valence-corrected chi connectivity index (χ1v) is 7.10. The zero-order valence-corrected chi connectivity index (χ0v) is 11.3. The number of hydrogen-bond acceptors (Lipinski definition) is 4. The van der Waals surface area contributed by atoms with E-state index in [1.807, 2.05) is 0 Å². The molecule has 1 aromatic heterocycles. The summed E-state index contributed by atoms with van der Waals surface area (Å²) >= 11 is 0. The average Bonchev–Trinajstić information content (AvgIpc) is 2.35. The van der Waals surface area contributed by atoms with Crippen LogP contribution in [0.3, 0.4) is 0 Å². The quantitative estimate of drug-likeness (QED) is 0.876. The van der Waals surface area contributed by atoms with Crippen molar-refractivity contribution in [1.82, 2.24) is 4.98 Å². The fourth-order valence-electron chi connectivity index (χ4n) is 1.73. The van der Waals surface area contributed by atoms with Crippen LogP contribution in [0.25, 0.3) is 10.9 Å². The van der Waals surface area contributed by atoms with Crippen molar-refractivity contribution in [2.75, 3.05) is 6.61 Å². The number of pyridine rings is 1. The van der Waals surface area contributed by atoms with Crippen LogP contribution >= 0.6 is 0 Å². The smallest absolute Gasteiger partial charge is 0.264 e. The summed E-state index contributed by atoms with van der Waals surface area (Å²) in [5, 5.41) is 0.323. The normalized spacial score (nSPS) is 12.8. The van der Waals surface area contributed by atoms with Gasteiger partial charge in [-0.3, -0.25) is 9.54 Å². The largest absolute Gasteiger partial charge is 0.416 e. The monoisotopic (exact) mass is 321 g/mol. The highest BCUT2D eigenvalue weighted by molar-refractivity contribution is 7.80. The summed E-state index contributed by atoms with van der Waals surface area (Å²) in [7, 11) is -4.51. The molecule has 1 aromatic carbocycles. The third-order valence-electron chi connectivity index (χ3n) is 2.66. The van der Waals surface area contributed by atoms with Crippen LogP contribution in [0.2, 0.25) is 0 Å². The first-order valence-electron chi connectivity index (χ1n) is 5.74. The molecule has 0 aliphatic heterocycles. The molecule has 0 fully saturated rings. The molecule has 0 bridgehead atoms. The molecule has 0 amide bonds. The molecule has 5 nitrogen and oxygen atoms in total. The molecule has 114 valence electrons. The van der Waals surface area contributed by atoms with E-state index in [9.17, 15) is 21.6 Å². The molecule has 0 unspecified atom stereocenters. The maximum atomic E-state index is 12.6. The number of nitrogens with zero attached hydrogens (tertiary/aromatic N) is 1. The van der Waals surface area contributed by atoms with E-state index in [2.05, 4.69) is 9.17 Å². The predicted octanol–water partition coefficient (Wildman–Crippen LogP) is 2.62. The van der Waals surface area contributed by atoms with Gasteiger partial charge in [-0.2, -0.15) is 21.6 Å². The molecule has 0 saturated carbocycles. The average molecular weight is 321 g/mol. The van der Waals surface area contributed by atoms with E-state index >= 15 is 0 Å². The van der Waals surface area contributed by atoms with Crippen molar-refractivity contribution in [3.05, 3.63) is 41.6 Å². The minimum absolute atomic E-state index is 0.0940. The van der Waals surface area contributed by atoms with E-state index in [1.165, 1.54) is 18.2 Å². The Hall–Kier alpha value is -1.71. The second kappa shape index (κ2) is 5.58. The van der Waals surface area contributed by atoms with E-state index in [0.29, 0.717) is 16.6 Å². The Morgan fingerprint density at radius 2 is 1.90 bits per heavy atom. The van der Waals surface area contributed by atoms with Crippen LogP contribution in [0, 0.1) is 0 Å². The summed E-state index contributed by atoms with van der Waals surface area (Å²) in [6.45, 7) is -0.308. The minimum atomic E-state index is -4.51. The molecule has 0 radical (unpaired) electrons. The first-order chi connectivity index (χ1) is 9.65. The standard InChI is InChI=1S/C12H10F3NO4S/c13-12(14,15)9-2-4-11-8(7-9)1-3-10(16-11)5-6-20-21(17,18)19/h1-4,7H,5-6H2,(H,17,18,19). The number of aromatic nitrogens is 1. The molecule has 0 aliphatic carbocycles. The van der Waals surface area contributed by atoms with Crippen LogP contribution in [0.15, 0.2) is 30.3 Å². The van der Waals surface area contributed by atoms with Gasteiger partial charge in [0.1, 0.15) is 0 Å². The van der Waals surface area contributed by atoms with Gasteiger partial charge in [-0.1, -0.05) is 6.07 Å². The maximum Gasteiger partial charge on any atom is 0.416 e. The van der Waals surface area contributed by atoms with Gasteiger partial charge in [0.05, 0.1) is 17.7 Å². The molecule has 21 heavy (non-hydrogen) atoms. The number of benzene rings is 1. The van der Waals surface area contributed by atoms with Crippen molar-refractivity contribution in [2.45, 2.75) is 12.6 Å². The Morgan fingerprint density at radius 3 is 2.52 bits per heavy atom. The van der Waals surface area contributed by atoms with Gasteiger partial charge < -0.3 is 0 Å². The van der Waals surface area contributed by atoms with Crippen LogP contribution < -0.4 is 0 Å². The molecule has 1 heterocycles. The van der Waals surface area contributed by atoms with Gasteiger partial charge in [-0.15, -0.1) is 0 Å². The predicted molar refractivity (Wildman–Crippen MR) is 67.9 cm³/mol. The van der Waals surface area contributed by atoms with E-state index in [-0.39, 0.29) is 13.0 Å². The van der Waals surface area contributed by atoms with Gasteiger partial charge in [0.2, 0.25) is 0 Å². The van der Waals surface area contributed by atoms with E-state index in [0.717, 1.165) is 12.1 Å². The highest BCUT2D eigenvalue weighted by Crippen LogP contribution is 2.31. The van der Waals surface area contributed by atoms with Crippen LogP contribution in [-0.2, 0) is 27.2 Å². The molecular weight excluding hydrogens is 311 g/mol. The third-order valence-corrected chi connectivity index (χ3v) is 3.13. The van der Waals surface area contributed by atoms with Crippen LogP contribution in [-0.4, -0.2) is 24.6 Å². The Kier molecular flexibility index (Phi) is 4.17. The molecule has 0 aliphatic rings. The lowest BCUT2D eigenvalue weighted by Crippen LogP contribution is -2.08. The fraction of sp³-hybridized carbons (Fsp3) is 0.250. The number of hydrogen-bond donors (Lipinski definition) is 1. The molecule has 2 aromatic rings. The molecule has 2 rings (SSSR count). The lowest BCUT2D eigenvalue weighted by molar-refractivity contribution is -0.137. The zero-order valence-electron chi connectivity index (χ0n) is 10.5. The Balaban J connectivity index is 2.19. The molecule has 0 spiro atoms. The van der Waals surface area contributed by atoms with Crippen molar-refractivity contribution in [2.24, 2.45) is 0 Å². The molecule has 0 atom stereocenters. The second-order valence-electron chi connectivity index (χ2n) is 4.21. The second-order valence-corrected chi connectivity index (χ2v) is 5.30. The molecule has 1 N–H and O–H groups in total. The first kappa shape index (κ1) is 15.7. The minimum Gasteiger partial charge on any atom is -0.264 e. The highest BCUT2D eigenvalue weighted by atomic mass is 32.3. The maximum absolute atomic E-state index is 12.6. The van der Waals surface area contributed by atoms with Gasteiger partial charge in [-0.05, 0) is 24.3 Å². The number of fused-ring (bicyclic) bond motifs is 1. The Labute approximate surface area is 118 Å². The summed E-state index contributed by atoms with van der Waals surface area (Å²) in [6, 6.07) is 6.08. The van der Waals surface area contributed by atoms with Crippen molar-refractivity contribution in [1.29, 1.82) is 0 Å². The topological polar surface area (TPSA) is 76.5 Å². The van der Waals surface area contributed by atoms with Crippen molar-refractivity contribution in [3.63, 3.8) is 0 Å². The SMILES string of the molecule is O=S(=O)(O)OCCc1ccc2cc(C(F)(F)F)ccc2n1. The number of rotatable bonds is 4. The zero-order chi connectivity index (χ0) is 15.7. The number of alkyl halides is 3. The van der Waals surface area contributed by atoms with Crippen molar-refractivity contribution in [3.8, 4) is 0 Å². The lowest BCUT2D eigenvalue weighted by Gasteiger charge is -2.08. The Bertz CT molecular complexity index is 759. The van der Waals surface area contributed by atoms with Crippen molar-refractivity contribution >= 4 is 21.3 Å². The lowest BCUT2D eigenvalue weighted by atomic mass is 10.1. The highest BCUT2D eigenvalue weighted by Gasteiger charge is 2.30. The Morgan fingerprint density at radius 1 is 1.19 bits per heavy atom. The fourth-order valence-corrected chi connectivity index (χ4v) is 2.03. The summed E-state index contributed by atoms with van der Waals surface area (Å²) in [6.07, 6.45) is -4.33. The van der Waals surface area contributed by atoms with Crippen LogP contribution in [0.4, 0.5) is 13.2 Å². The van der Waals surface area contributed by atoms with Gasteiger partial charge in [0.25, 0.3) is 0 Å². The summed E-state index contributed by atoms with van der Waals surface area (Å²) in [4.78, 5) is 4.09. The van der Waals surface area contributed by atoms with E-state index < -0.39 is 22.1 Å². The number of halogens is 3. The van der Waals surface area contributed by atoms with Gasteiger partial charge in [0.15, 0.2) is 0 Å². The molecule has 0 saturated heterocycles. The van der Waals surface area contributed by atoms with Gasteiger partial charge >= 0.3 is 16.6 Å². The van der Waals surface area contributed by atoms with Gasteiger partial charge in [0, 0.05) is 17.5 Å². The van der Waals surface area contributed by atoms with Gasteiger partial charge in [-0.25, -0.2) is 4.18 Å². The summed E-state index contributed by atoms with van der Waals surface area (Å²) < 4.78 is 71.0. The summed E-state index contributed by atoms with van der Waals surface area (Å²) in [5.41, 5.74) is 0.0255.